The second-order valence-corrected chi connectivity index (χ2v) is 11.2. The fourth-order valence-corrected chi connectivity index (χ4v) is 7.65. The van der Waals surface area contributed by atoms with E-state index in [2.05, 4.69) is 23.3 Å². The van der Waals surface area contributed by atoms with E-state index in [0.29, 0.717) is 59.4 Å². The Hall–Kier alpha value is -3.09. The molecule has 0 amide bonds. The van der Waals surface area contributed by atoms with Crippen molar-refractivity contribution in [1.82, 2.24) is 15.0 Å². The molecule has 0 aliphatic heterocycles. The molecule has 2 saturated carbocycles. The molecule has 3 aliphatic carbocycles. The molecule has 7 heteroatoms. The molecule has 0 saturated heterocycles. The number of fused-ring (bicyclic) bond motifs is 5. The van der Waals surface area contributed by atoms with Crippen LogP contribution in [0.2, 0.25) is 0 Å². The number of ketones is 1. The average molecular weight is 492 g/mol. The highest BCUT2D eigenvalue weighted by Gasteiger charge is 2.58. The van der Waals surface area contributed by atoms with Crippen LogP contribution in [0.3, 0.4) is 0 Å². The highest BCUT2D eigenvalue weighted by atomic mass is 19.1. The van der Waals surface area contributed by atoms with Crippen LogP contribution in [-0.2, 0) is 17.8 Å². The Morgan fingerprint density at radius 1 is 1.14 bits per heavy atom. The van der Waals surface area contributed by atoms with Gasteiger partial charge in [0.05, 0.1) is 6.20 Å². The number of nitrogens with zero attached hydrogens (tertiary/aromatic N) is 3. The third-order valence-corrected chi connectivity index (χ3v) is 9.21. The first-order valence-electron chi connectivity index (χ1n) is 13.0. The molecule has 1 N–H and O–H groups in total. The van der Waals surface area contributed by atoms with Crippen LogP contribution in [0.15, 0.2) is 42.6 Å². The molecular weight excluding hydrogens is 460 g/mol. The smallest absolute Gasteiger partial charge is 0.139 e. The molecule has 2 aromatic carbocycles. The second-order valence-electron chi connectivity index (χ2n) is 11.2. The molecule has 0 radical (unpaired) electrons. The van der Waals surface area contributed by atoms with Crippen LogP contribution in [0.25, 0.3) is 11.3 Å². The summed E-state index contributed by atoms with van der Waals surface area (Å²) in [5.41, 5.74) is 3.21. The number of aromatic hydroxyl groups is 1. The highest BCUT2D eigenvalue weighted by Crippen LogP contribution is 2.62. The van der Waals surface area contributed by atoms with Crippen molar-refractivity contribution in [3.63, 3.8) is 0 Å². The van der Waals surface area contributed by atoms with Crippen molar-refractivity contribution in [2.24, 2.45) is 23.2 Å². The van der Waals surface area contributed by atoms with Gasteiger partial charge in [0.25, 0.3) is 0 Å². The zero-order chi connectivity index (χ0) is 25.0. The molecule has 3 aromatic rings. The Morgan fingerprint density at radius 3 is 2.75 bits per heavy atom. The molecule has 3 aliphatic rings. The van der Waals surface area contributed by atoms with Crippen molar-refractivity contribution in [1.29, 1.82) is 0 Å². The maximum absolute atomic E-state index is 13.6. The van der Waals surface area contributed by atoms with E-state index in [-0.39, 0.29) is 5.41 Å². The molecule has 0 bridgehead atoms. The lowest BCUT2D eigenvalue weighted by atomic mass is 9.54. The topological polar surface area (TPSA) is 68.0 Å². The lowest BCUT2D eigenvalue weighted by Crippen LogP contribution is -2.44. The number of phenols is 1. The third kappa shape index (κ3) is 3.93. The molecule has 36 heavy (non-hydrogen) atoms. The van der Waals surface area contributed by atoms with Crippen LogP contribution in [0, 0.1) is 34.8 Å². The maximum atomic E-state index is 13.6. The summed E-state index contributed by atoms with van der Waals surface area (Å²) in [6.07, 6.45) is 8.19. The number of carbonyl (C=O) groups excluding carboxylic acids is 1. The summed E-state index contributed by atoms with van der Waals surface area (Å²) in [4.78, 5) is 13.2. The zero-order valence-electron chi connectivity index (χ0n) is 20.5. The number of aryl methyl sites for hydroxylation is 2. The largest absolute Gasteiger partial charge is 0.508 e. The Balaban J connectivity index is 1.16. The first-order chi connectivity index (χ1) is 17.3. The molecule has 188 valence electrons. The quantitative estimate of drug-likeness (QED) is 0.471. The fourth-order valence-electron chi connectivity index (χ4n) is 7.65. The van der Waals surface area contributed by atoms with Crippen molar-refractivity contribution in [2.45, 2.75) is 64.3 Å². The van der Waals surface area contributed by atoms with E-state index in [4.69, 9.17) is 0 Å². The number of carbonyl (C=O) groups is 1. The Labute approximate surface area is 209 Å². The van der Waals surface area contributed by atoms with E-state index < -0.39 is 11.6 Å². The fraction of sp³-hybridized carbons (Fsp3) is 0.483. The van der Waals surface area contributed by atoms with E-state index in [0.717, 1.165) is 44.6 Å². The van der Waals surface area contributed by atoms with Crippen molar-refractivity contribution < 1.29 is 18.7 Å². The van der Waals surface area contributed by atoms with E-state index in [1.807, 2.05) is 6.07 Å². The molecule has 1 aromatic heterocycles. The SMILES string of the molecule is C[C@]12CC[C@@H]3c4ccc(O)cc4CC[C@H]3[C@@H]1C(CCCn1cc(-c3cc(F)cc(F)c3)nn1)CC2=O. The van der Waals surface area contributed by atoms with Crippen LogP contribution >= 0.6 is 0 Å². The van der Waals surface area contributed by atoms with Gasteiger partial charge in [-0.3, -0.25) is 9.48 Å². The van der Waals surface area contributed by atoms with Gasteiger partial charge in [-0.2, -0.15) is 0 Å². The van der Waals surface area contributed by atoms with Crippen LogP contribution in [-0.4, -0.2) is 25.9 Å². The molecule has 6 rings (SSSR count). The number of Topliss-reactive ketones (excluding diaryl/α,β-unsaturated/α-hetero) is 1. The monoisotopic (exact) mass is 491 g/mol. The standard InChI is InChI=1S/C29H31F2N3O2/c1-29-9-8-24-23-7-5-22(35)13-17(23)4-6-25(24)28(29)18(14-27(29)36)3-2-10-34-16-26(32-33-34)19-11-20(30)15-21(31)12-19/h5,7,11-13,15-16,18,24-25,28,35H,2-4,6,8-10,14H2,1H3/t18?,24-,25-,28+,29-/m1/s1. The zero-order valence-corrected chi connectivity index (χ0v) is 20.5. The normalized spacial score (nSPS) is 29.0. The predicted molar refractivity (Wildman–Crippen MR) is 131 cm³/mol. The van der Waals surface area contributed by atoms with Crippen LogP contribution in [0.4, 0.5) is 8.78 Å². The van der Waals surface area contributed by atoms with Crippen molar-refractivity contribution in [3.8, 4) is 17.0 Å². The Morgan fingerprint density at radius 2 is 1.94 bits per heavy atom. The van der Waals surface area contributed by atoms with Gasteiger partial charge in [0.15, 0.2) is 0 Å². The summed E-state index contributed by atoms with van der Waals surface area (Å²) < 4.78 is 28.9. The van der Waals surface area contributed by atoms with Gasteiger partial charge in [-0.1, -0.05) is 18.2 Å². The van der Waals surface area contributed by atoms with Gasteiger partial charge in [-0.25, -0.2) is 8.78 Å². The minimum Gasteiger partial charge on any atom is -0.508 e. The van der Waals surface area contributed by atoms with Crippen LogP contribution in [0.5, 0.6) is 5.75 Å². The summed E-state index contributed by atoms with van der Waals surface area (Å²) in [7, 11) is 0. The lowest BCUT2D eigenvalue weighted by molar-refractivity contribution is -0.129. The number of phenolic OH excluding ortho intramolecular Hbond substituents is 1. The molecule has 5 nitrogen and oxygen atoms in total. The molecule has 5 atom stereocenters. The van der Waals surface area contributed by atoms with Crippen molar-refractivity contribution >= 4 is 5.78 Å². The summed E-state index contributed by atoms with van der Waals surface area (Å²) >= 11 is 0. The van der Waals surface area contributed by atoms with Gasteiger partial charge < -0.3 is 5.11 Å². The highest BCUT2D eigenvalue weighted by molar-refractivity contribution is 5.87. The van der Waals surface area contributed by atoms with Gasteiger partial charge in [-0.05, 0) is 97.6 Å². The number of benzene rings is 2. The number of hydrogen-bond acceptors (Lipinski definition) is 4. The molecule has 1 heterocycles. The van der Waals surface area contributed by atoms with Crippen molar-refractivity contribution in [2.75, 3.05) is 0 Å². The first kappa shape index (κ1) is 23.3. The number of hydrogen-bond donors (Lipinski definition) is 1. The van der Waals surface area contributed by atoms with Crippen molar-refractivity contribution in [3.05, 3.63) is 65.4 Å². The first-order valence-corrected chi connectivity index (χ1v) is 13.0. The van der Waals surface area contributed by atoms with Gasteiger partial charge in [-0.15, -0.1) is 5.10 Å². The molecule has 0 spiro atoms. The van der Waals surface area contributed by atoms with Crippen LogP contribution < -0.4 is 0 Å². The van der Waals surface area contributed by atoms with E-state index >= 15 is 0 Å². The second kappa shape index (κ2) is 8.79. The number of halogens is 2. The summed E-state index contributed by atoms with van der Waals surface area (Å²) in [5, 5.41) is 18.2. The van der Waals surface area contributed by atoms with Gasteiger partial charge >= 0.3 is 0 Å². The lowest BCUT2D eigenvalue weighted by Gasteiger charge is -2.50. The Kier molecular flexibility index (Phi) is 5.69. The molecule has 2 fully saturated rings. The predicted octanol–water partition coefficient (Wildman–Crippen LogP) is 6.06. The Bertz CT molecular complexity index is 1300. The van der Waals surface area contributed by atoms with Gasteiger partial charge in [0, 0.05) is 30.0 Å². The molecular formula is C29H31F2N3O2. The summed E-state index contributed by atoms with van der Waals surface area (Å²) in [6, 6.07) is 9.17. The minimum absolute atomic E-state index is 0.234. The third-order valence-electron chi connectivity index (χ3n) is 9.21. The number of rotatable bonds is 5. The number of aromatic nitrogens is 3. The molecule has 1 unspecified atom stereocenters. The maximum Gasteiger partial charge on any atom is 0.139 e. The van der Waals surface area contributed by atoms with Gasteiger partial charge in [0.1, 0.15) is 28.9 Å². The van der Waals surface area contributed by atoms with E-state index in [1.54, 1.807) is 16.9 Å². The van der Waals surface area contributed by atoms with Gasteiger partial charge in [0.2, 0.25) is 0 Å². The van der Waals surface area contributed by atoms with Crippen LogP contribution in [0.1, 0.15) is 62.5 Å². The van der Waals surface area contributed by atoms with E-state index in [1.165, 1.54) is 23.3 Å². The summed E-state index contributed by atoms with van der Waals surface area (Å²) in [6.45, 7) is 2.85. The van der Waals surface area contributed by atoms with E-state index in [9.17, 15) is 18.7 Å². The average Bonchev–Trinajstić information content (AvgIpc) is 3.41. The minimum atomic E-state index is -0.638. The summed E-state index contributed by atoms with van der Waals surface area (Å²) in [5.74, 6) is 1.18.